The van der Waals surface area contributed by atoms with Crippen LogP contribution in [0.15, 0.2) is 42.7 Å². The minimum Gasteiger partial charge on any atom is -0.410 e. The first kappa shape index (κ1) is 16.9. The topological polar surface area (TPSA) is 84.4 Å². The predicted octanol–water partition coefficient (Wildman–Crippen LogP) is 2.75. The Kier molecular flexibility index (Phi) is 4.92. The number of nitrogens with one attached hydrogen (secondary N) is 1. The van der Waals surface area contributed by atoms with Crippen LogP contribution in [0.1, 0.15) is 30.1 Å². The standard InChI is InChI=1S/C18H20N4O3/c1-18(21-16-19-11-14(13-23)12-20-16)7-9-22(10-8-18)17(24)25-15-5-3-2-4-6-15/h2-6,11-13H,7-10H2,1H3,(H,19,20,21). The third-order valence-corrected chi connectivity index (χ3v) is 4.30. The Morgan fingerprint density at radius 3 is 2.44 bits per heavy atom. The van der Waals surface area contributed by atoms with Crippen LogP contribution in [0.2, 0.25) is 0 Å². The van der Waals surface area contributed by atoms with Gasteiger partial charge in [0.05, 0.1) is 5.56 Å². The van der Waals surface area contributed by atoms with E-state index < -0.39 is 0 Å². The first-order valence-electron chi connectivity index (χ1n) is 8.15. The summed E-state index contributed by atoms with van der Waals surface area (Å²) in [5, 5.41) is 3.30. The fourth-order valence-corrected chi connectivity index (χ4v) is 2.70. The molecule has 0 spiro atoms. The van der Waals surface area contributed by atoms with Gasteiger partial charge in [-0.25, -0.2) is 14.8 Å². The van der Waals surface area contributed by atoms with Crippen molar-refractivity contribution in [2.75, 3.05) is 18.4 Å². The van der Waals surface area contributed by atoms with Crippen LogP contribution in [0.4, 0.5) is 10.7 Å². The largest absolute Gasteiger partial charge is 0.415 e. The van der Waals surface area contributed by atoms with E-state index >= 15 is 0 Å². The van der Waals surface area contributed by atoms with Gasteiger partial charge in [0.15, 0.2) is 6.29 Å². The highest BCUT2D eigenvalue weighted by Crippen LogP contribution is 2.25. The van der Waals surface area contributed by atoms with Gasteiger partial charge in [0, 0.05) is 31.0 Å². The van der Waals surface area contributed by atoms with Crippen LogP contribution in [0.3, 0.4) is 0 Å². The fourth-order valence-electron chi connectivity index (χ4n) is 2.70. The molecule has 3 rings (SSSR count). The summed E-state index contributed by atoms with van der Waals surface area (Å²) in [7, 11) is 0. The van der Waals surface area contributed by atoms with Crippen molar-refractivity contribution >= 4 is 18.3 Å². The Hall–Kier alpha value is -2.96. The lowest BCUT2D eigenvalue weighted by Crippen LogP contribution is -2.50. The minimum atomic E-state index is -0.333. The molecule has 7 heteroatoms. The van der Waals surface area contributed by atoms with E-state index in [1.165, 1.54) is 12.4 Å². The maximum absolute atomic E-state index is 12.2. The zero-order chi connectivity index (χ0) is 17.7. The molecule has 0 aliphatic carbocycles. The Morgan fingerprint density at radius 2 is 1.84 bits per heavy atom. The molecule has 1 fully saturated rings. The number of hydrogen-bond acceptors (Lipinski definition) is 6. The van der Waals surface area contributed by atoms with Crippen molar-refractivity contribution in [2.45, 2.75) is 25.3 Å². The van der Waals surface area contributed by atoms with Crippen molar-refractivity contribution in [1.29, 1.82) is 0 Å². The molecule has 0 radical (unpaired) electrons. The Morgan fingerprint density at radius 1 is 1.20 bits per heavy atom. The summed E-state index contributed by atoms with van der Waals surface area (Å²) >= 11 is 0. The van der Waals surface area contributed by atoms with Crippen LogP contribution >= 0.6 is 0 Å². The second-order valence-corrected chi connectivity index (χ2v) is 6.31. The third-order valence-electron chi connectivity index (χ3n) is 4.30. The second kappa shape index (κ2) is 7.29. The number of nitrogens with zero attached hydrogens (tertiary/aromatic N) is 3. The summed E-state index contributed by atoms with van der Waals surface area (Å²) < 4.78 is 5.37. The molecule has 1 aromatic heterocycles. The molecule has 25 heavy (non-hydrogen) atoms. The number of hydrogen-bond donors (Lipinski definition) is 1. The summed E-state index contributed by atoms with van der Waals surface area (Å²) in [4.78, 5) is 32.9. The molecule has 1 aliphatic rings. The van der Waals surface area contributed by atoms with Crippen LogP contribution in [-0.4, -0.2) is 45.9 Å². The minimum absolute atomic E-state index is 0.216. The van der Waals surface area contributed by atoms with Crippen LogP contribution in [-0.2, 0) is 0 Å². The highest BCUT2D eigenvalue weighted by molar-refractivity contribution is 5.73. The number of aldehydes is 1. The molecular formula is C18H20N4O3. The molecule has 0 bridgehead atoms. The normalized spacial score (nSPS) is 16.1. The lowest BCUT2D eigenvalue weighted by atomic mass is 9.90. The highest BCUT2D eigenvalue weighted by atomic mass is 16.6. The predicted molar refractivity (Wildman–Crippen MR) is 92.7 cm³/mol. The number of ether oxygens (including phenoxy) is 1. The number of carbonyl (C=O) groups is 2. The van der Waals surface area contributed by atoms with Gasteiger partial charge in [-0.1, -0.05) is 18.2 Å². The van der Waals surface area contributed by atoms with E-state index in [-0.39, 0.29) is 11.6 Å². The molecule has 0 unspecified atom stereocenters. The third kappa shape index (κ3) is 4.32. The lowest BCUT2D eigenvalue weighted by Gasteiger charge is -2.39. The van der Waals surface area contributed by atoms with E-state index in [9.17, 15) is 9.59 Å². The number of benzene rings is 1. The van der Waals surface area contributed by atoms with Gasteiger partial charge in [-0.3, -0.25) is 4.79 Å². The van der Waals surface area contributed by atoms with Crippen LogP contribution in [0.5, 0.6) is 5.75 Å². The van der Waals surface area contributed by atoms with Crippen LogP contribution in [0, 0.1) is 0 Å². The summed E-state index contributed by atoms with van der Waals surface area (Å²) in [6, 6.07) is 9.05. The van der Waals surface area contributed by atoms with Gasteiger partial charge < -0.3 is 15.0 Å². The molecule has 130 valence electrons. The molecule has 0 saturated carbocycles. The summed E-state index contributed by atoms with van der Waals surface area (Å²) in [6.07, 6.45) is 4.84. The highest BCUT2D eigenvalue weighted by Gasteiger charge is 2.33. The van der Waals surface area contributed by atoms with E-state index in [2.05, 4.69) is 22.2 Å². The number of likely N-dealkylation sites (tertiary alicyclic amines) is 1. The number of aromatic nitrogens is 2. The van der Waals surface area contributed by atoms with E-state index in [1.54, 1.807) is 17.0 Å². The number of rotatable bonds is 4. The first-order valence-corrected chi connectivity index (χ1v) is 8.15. The number of anilines is 1. The number of piperidine rings is 1. The smallest absolute Gasteiger partial charge is 0.410 e. The van der Waals surface area contributed by atoms with E-state index in [1.807, 2.05) is 18.2 Å². The van der Waals surface area contributed by atoms with Gasteiger partial charge in [-0.15, -0.1) is 0 Å². The Balaban J connectivity index is 1.54. The lowest BCUT2D eigenvalue weighted by molar-refractivity contribution is 0.112. The molecule has 1 aromatic carbocycles. The van der Waals surface area contributed by atoms with E-state index in [0.29, 0.717) is 36.6 Å². The van der Waals surface area contributed by atoms with Crippen molar-refractivity contribution in [1.82, 2.24) is 14.9 Å². The first-order chi connectivity index (χ1) is 12.1. The molecule has 0 atom stereocenters. The average Bonchev–Trinajstić information content (AvgIpc) is 2.63. The zero-order valence-electron chi connectivity index (χ0n) is 14.0. The van der Waals surface area contributed by atoms with Crippen molar-refractivity contribution < 1.29 is 14.3 Å². The van der Waals surface area contributed by atoms with Gasteiger partial charge in [0.2, 0.25) is 5.95 Å². The zero-order valence-corrected chi connectivity index (χ0v) is 14.0. The van der Waals surface area contributed by atoms with Crippen LogP contribution < -0.4 is 10.1 Å². The average molecular weight is 340 g/mol. The Bertz CT molecular complexity index is 726. The SMILES string of the molecule is CC1(Nc2ncc(C=O)cn2)CCN(C(=O)Oc2ccccc2)CC1. The van der Waals surface area contributed by atoms with Crippen molar-refractivity contribution in [2.24, 2.45) is 0 Å². The van der Waals surface area contributed by atoms with E-state index in [4.69, 9.17) is 4.74 Å². The molecule has 1 aliphatic heterocycles. The quantitative estimate of drug-likeness (QED) is 0.862. The summed E-state index contributed by atoms with van der Waals surface area (Å²) in [5.41, 5.74) is 0.223. The number of para-hydroxylation sites is 1. The summed E-state index contributed by atoms with van der Waals surface area (Å²) in [6.45, 7) is 3.24. The van der Waals surface area contributed by atoms with E-state index in [0.717, 1.165) is 12.8 Å². The molecular weight excluding hydrogens is 320 g/mol. The van der Waals surface area contributed by atoms with Gasteiger partial charge in [-0.05, 0) is 31.9 Å². The molecule has 2 heterocycles. The summed E-state index contributed by atoms with van der Waals surface area (Å²) in [5.74, 6) is 1.02. The fraction of sp³-hybridized carbons (Fsp3) is 0.333. The second-order valence-electron chi connectivity index (χ2n) is 6.31. The monoisotopic (exact) mass is 340 g/mol. The molecule has 1 amide bonds. The molecule has 2 aromatic rings. The van der Waals surface area contributed by atoms with Gasteiger partial charge in [0.25, 0.3) is 0 Å². The van der Waals surface area contributed by atoms with Gasteiger partial charge >= 0.3 is 6.09 Å². The van der Waals surface area contributed by atoms with Crippen molar-refractivity contribution in [3.05, 3.63) is 48.3 Å². The maximum Gasteiger partial charge on any atom is 0.415 e. The van der Waals surface area contributed by atoms with Gasteiger partial charge in [-0.2, -0.15) is 0 Å². The van der Waals surface area contributed by atoms with Crippen molar-refractivity contribution in [3.63, 3.8) is 0 Å². The molecule has 1 saturated heterocycles. The number of amides is 1. The van der Waals surface area contributed by atoms with Crippen molar-refractivity contribution in [3.8, 4) is 5.75 Å². The molecule has 7 nitrogen and oxygen atoms in total. The number of carbonyl (C=O) groups excluding carboxylic acids is 2. The van der Waals surface area contributed by atoms with Gasteiger partial charge in [0.1, 0.15) is 5.75 Å². The Labute approximate surface area is 146 Å². The van der Waals surface area contributed by atoms with Crippen LogP contribution in [0.25, 0.3) is 0 Å². The maximum atomic E-state index is 12.2. The molecule has 1 N–H and O–H groups in total.